The number of benzene rings is 2. The molecule has 2 aromatic rings. The number of amides is 2. The smallest absolute Gasteiger partial charge is 0.246 e. The molecular weight excluding hydrogens is 474 g/mol. The van der Waals surface area contributed by atoms with Gasteiger partial charge < -0.3 is 15.1 Å². The van der Waals surface area contributed by atoms with E-state index >= 15 is 0 Å². The van der Waals surface area contributed by atoms with Crippen LogP contribution in [0.5, 0.6) is 0 Å². The maximum atomic E-state index is 14.7. The predicted octanol–water partition coefficient (Wildman–Crippen LogP) is 3.71. The lowest BCUT2D eigenvalue weighted by Crippen LogP contribution is -2.57. The van der Waals surface area contributed by atoms with Crippen molar-refractivity contribution in [3.63, 3.8) is 0 Å². The van der Waals surface area contributed by atoms with Crippen LogP contribution < -0.4 is 5.32 Å². The van der Waals surface area contributed by atoms with Crippen molar-refractivity contribution in [2.24, 2.45) is 5.41 Å². The van der Waals surface area contributed by atoms with Gasteiger partial charge in [0.1, 0.15) is 17.7 Å². The van der Waals surface area contributed by atoms with Crippen LogP contribution in [-0.4, -0.2) is 78.9 Å². The van der Waals surface area contributed by atoms with Crippen molar-refractivity contribution >= 4 is 17.4 Å². The van der Waals surface area contributed by atoms with Gasteiger partial charge in [-0.05, 0) is 41.8 Å². The van der Waals surface area contributed by atoms with E-state index in [0.29, 0.717) is 5.57 Å². The number of hydrogen-bond donors (Lipinski definition) is 1. The van der Waals surface area contributed by atoms with Gasteiger partial charge in [-0.2, -0.15) is 0 Å². The molecule has 2 aromatic carbocycles. The van der Waals surface area contributed by atoms with E-state index in [1.807, 2.05) is 57.2 Å². The third-order valence-electron chi connectivity index (χ3n) is 7.12. The molecule has 4 rings (SSSR count). The molecular formula is C29H36F2N4O2. The number of rotatable bonds is 6. The molecule has 0 radical (unpaired) electrons. The summed E-state index contributed by atoms with van der Waals surface area (Å²) in [7, 11) is 2.06. The molecule has 37 heavy (non-hydrogen) atoms. The highest BCUT2D eigenvalue weighted by Gasteiger charge is 2.40. The Morgan fingerprint density at radius 1 is 1.03 bits per heavy atom. The van der Waals surface area contributed by atoms with Gasteiger partial charge >= 0.3 is 0 Å². The number of nitrogens with zero attached hydrogens (tertiary/aromatic N) is 3. The summed E-state index contributed by atoms with van der Waals surface area (Å²) in [6.45, 7) is 9.48. The minimum atomic E-state index is -0.788. The van der Waals surface area contributed by atoms with Gasteiger partial charge in [0.25, 0.3) is 0 Å². The summed E-state index contributed by atoms with van der Waals surface area (Å²) < 4.78 is 28.7. The number of carbonyl (C=O) groups is 2. The second-order valence-electron chi connectivity index (χ2n) is 11.1. The Hall–Kier alpha value is -3.10. The van der Waals surface area contributed by atoms with Crippen LogP contribution >= 0.6 is 0 Å². The molecule has 198 valence electrons. The molecule has 1 unspecified atom stereocenters. The Bertz CT molecular complexity index is 1150. The largest absolute Gasteiger partial charge is 0.343 e. The van der Waals surface area contributed by atoms with Gasteiger partial charge in [0.15, 0.2) is 0 Å². The Morgan fingerprint density at radius 2 is 1.70 bits per heavy atom. The fourth-order valence-electron chi connectivity index (χ4n) is 4.91. The molecule has 1 N–H and O–H groups in total. The molecule has 0 saturated carbocycles. The Kier molecular flexibility index (Phi) is 8.09. The van der Waals surface area contributed by atoms with Crippen molar-refractivity contribution in [1.29, 1.82) is 0 Å². The second kappa shape index (κ2) is 11.1. The maximum absolute atomic E-state index is 14.7. The van der Waals surface area contributed by atoms with E-state index in [2.05, 4.69) is 22.2 Å². The van der Waals surface area contributed by atoms with Crippen LogP contribution in [0.4, 0.5) is 8.78 Å². The number of piperazine rings is 1. The average molecular weight is 511 g/mol. The molecule has 2 heterocycles. The van der Waals surface area contributed by atoms with Crippen LogP contribution in [0.25, 0.3) is 5.57 Å². The minimum Gasteiger partial charge on any atom is -0.343 e. The van der Waals surface area contributed by atoms with E-state index in [4.69, 9.17) is 0 Å². The highest BCUT2D eigenvalue weighted by Crippen LogP contribution is 2.37. The van der Waals surface area contributed by atoms with Crippen LogP contribution in [0.3, 0.4) is 0 Å². The van der Waals surface area contributed by atoms with E-state index in [0.717, 1.165) is 49.9 Å². The van der Waals surface area contributed by atoms with Gasteiger partial charge in [0.2, 0.25) is 11.8 Å². The van der Waals surface area contributed by atoms with E-state index < -0.39 is 29.1 Å². The highest BCUT2D eigenvalue weighted by molar-refractivity contribution is 5.91. The number of hydrogen-bond acceptors (Lipinski definition) is 4. The Morgan fingerprint density at radius 3 is 2.35 bits per heavy atom. The van der Waals surface area contributed by atoms with Crippen LogP contribution in [0, 0.1) is 17.0 Å². The number of halogens is 2. The molecule has 0 spiro atoms. The SMILES string of the molecule is CN1CCN(CC(=O)N[C@H](C(=O)N2CC(c3cc(F)ccc3F)=CC2c2ccccc2)C(C)(C)C)CC1. The quantitative estimate of drug-likeness (QED) is 0.644. The first-order valence-electron chi connectivity index (χ1n) is 12.7. The third-order valence-corrected chi connectivity index (χ3v) is 7.12. The van der Waals surface area contributed by atoms with Crippen molar-refractivity contribution in [3.8, 4) is 0 Å². The number of likely N-dealkylation sites (N-methyl/N-ethyl adjacent to an activating group) is 1. The molecule has 0 aromatic heterocycles. The summed E-state index contributed by atoms with van der Waals surface area (Å²) in [5.41, 5.74) is 0.973. The zero-order chi connectivity index (χ0) is 26.7. The van der Waals surface area contributed by atoms with Gasteiger partial charge in [-0.1, -0.05) is 57.2 Å². The summed E-state index contributed by atoms with van der Waals surface area (Å²) >= 11 is 0. The summed E-state index contributed by atoms with van der Waals surface area (Å²) in [6, 6.07) is 11.6. The summed E-state index contributed by atoms with van der Waals surface area (Å²) in [5, 5.41) is 3.00. The van der Waals surface area contributed by atoms with Crippen molar-refractivity contribution in [1.82, 2.24) is 20.0 Å². The minimum absolute atomic E-state index is 0.111. The second-order valence-corrected chi connectivity index (χ2v) is 11.1. The molecule has 2 atom stereocenters. The first-order valence-corrected chi connectivity index (χ1v) is 12.7. The van der Waals surface area contributed by atoms with Gasteiger partial charge in [-0.15, -0.1) is 0 Å². The van der Waals surface area contributed by atoms with Gasteiger partial charge in [0.05, 0.1) is 12.6 Å². The first-order chi connectivity index (χ1) is 17.5. The molecule has 2 amide bonds. The van der Waals surface area contributed by atoms with Crippen LogP contribution in [0.1, 0.15) is 37.9 Å². The topological polar surface area (TPSA) is 55.9 Å². The van der Waals surface area contributed by atoms with Crippen molar-refractivity contribution in [2.75, 3.05) is 46.3 Å². The van der Waals surface area contributed by atoms with Crippen molar-refractivity contribution in [3.05, 3.63) is 77.4 Å². The molecule has 0 bridgehead atoms. The zero-order valence-corrected chi connectivity index (χ0v) is 22.0. The summed E-state index contributed by atoms with van der Waals surface area (Å²) in [5.74, 6) is -1.53. The van der Waals surface area contributed by atoms with Gasteiger partial charge in [0, 0.05) is 38.3 Å². The molecule has 1 fully saturated rings. The molecule has 2 aliphatic heterocycles. The van der Waals surface area contributed by atoms with E-state index in [9.17, 15) is 18.4 Å². The Labute approximate surface area is 217 Å². The molecule has 1 saturated heterocycles. The molecule has 6 nitrogen and oxygen atoms in total. The van der Waals surface area contributed by atoms with Crippen LogP contribution in [-0.2, 0) is 9.59 Å². The first kappa shape index (κ1) is 26.9. The van der Waals surface area contributed by atoms with Gasteiger partial charge in [-0.25, -0.2) is 8.78 Å². The normalized spacial score (nSPS) is 20.0. The summed E-state index contributed by atoms with van der Waals surface area (Å²) in [6.07, 6.45) is 1.82. The maximum Gasteiger partial charge on any atom is 0.246 e. The highest BCUT2D eigenvalue weighted by atomic mass is 19.1. The molecule has 0 aliphatic carbocycles. The van der Waals surface area contributed by atoms with Crippen LogP contribution in [0.15, 0.2) is 54.6 Å². The monoisotopic (exact) mass is 510 g/mol. The summed E-state index contributed by atoms with van der Waals surface area (Å²) in [4.78, 5) is 33.1. The van der Waals surface area contributed by atoms with E-state index in [-0.39, 0.29) is 30.5 Å². The van der Waals surface area contributed by atoms with E-state index in [1.54, 1.807) is 4.90 Å². The zero-order valence-electron chi connectivity index (χ0n) is 22.0. The fraction of sp³-hybridized carbons (Fsp3) is 0.448. The lowest BCUT2D eigenvalue weighted by Gasteiger charge is -2.37. The average Bonchev–Trinajstić information content (AvgIpc) is 3.30. The standard InChI is InChI=1S/C29H36F2N4O2/c1-29(2,3)27(32-26(36)19-34-14-12-33(4)13-15-34)28(37)35-18-21(23-17-22(30)10-11-24(23)31)16-25(35)20-8-6-5-7-9-20/h5-11,16-17,25,27H,12-15,18-19H2,1-4H3,(H,32,36)/t25?,27-/m1/s1. The molecule has 2 aliphatic rings. The predicted molar refractivity (Wildman–Crippen MR) is 141 cm³/mol. The Balaban J connectivity index is 1.59. The lowest BCUT2D eigenvalue weighted by molar-refractivity contribution is -0.140. The number of carbonyl (C=O) groups excluding carboxylic acids is 2. The lowest BCUT2D eigenvalue weighted by atomic mass is 9.85. The number of nitrogens with one attached hydrogen (secondary N) is 1. The van der Waals surface area contributed by atoms with Gasteiger partial charge in [-0.3, -0.25) is 14.5 Å². The van der Waals surface area contributed by atoms with Crippen LogP contribution in [0.2, 0.25) is 0 Å². The molecule has 8 heteroatoms. The third kappa shape index (κ3) is 6.43. The van der Waals surface area contributed by atoms with Crippen molar-refractivity contribution in [2.45, 2.75) is 32.9 Å². The van der Waals surface area contributed by atoms with Crippen molar-refractivity contribution < 1.29 is 18.4 Å². The van der Waals surface area contributed by atoms with E-state index in [1.165, 1.54) is 0 Å². The fourth-order valence-corrected chi connectivity index (χ4v) is 4.91.